The van der Waals surface area contributed by atoms with Crippen molar-refractivity contribution >= 4 is 5.78 Å². The summed E-state index contributed by atoms with van der Waals surface area (Å²) in [5.74, 6) is 1.41. The monoisotopic (exact) mass is 228 g/mol. The van der Waals surface area contributed by atoms with Gasteiger partial charge in [0.05, 0.1) is 0 Å². The first-order chi connectivity index (χ1) is 8.15. The summed E-state index contributed by atoms with van der Waals surface area (Å²) in [6, 6.07) is 13.4. The lowest BCUT2D eigenvalue weighted by molar-refractivity contribution is 0.101. The zero-order chi connectivity index (χ0) is 12.3. The number of benzene rings is 2. The Morgan fingerprint density at radius 3 is 2.41 bits per heavy atom. The summed E-state index contributed by atoms with van der Waals surface area (Å²) in [6.45, 7) is 1.51. The molecule has 1 N–H and O–H groups in total. The highest BCUT2D eigenvalue weighted by Crippen LogP contribution is 2.24. The van der Waals surface area contributed by atoms with E-state index < -0.39 is 0 Å². The number of rotatable bonds is 3. The average Bonchev–Trinajstić information content (AvgIpc) is 2.32. The topological polar surface area (TPSA) is 46.5 Å². The van der Waals surface area contributed by atoms with Crippen LogP contribution in [0.4, 0.5) is 0 Å². The van der Waals surface area contributed by atoms with Gasteiger partial charge in [-0.25, -0.2) is 0 Å². The van der Waals surface area contributed by atoms with Crippen molar-refractivity contribution in [3.63, 3.8) is 0 Å². The second kappa shape index (κ2) is 4.70. The van der Waals surface area contributed by atoms with E-state index in [-0.39, 0.29) is 11.5 Å². The molecule has 0 saturated heterocycles. The van der Waals surface area contributed by atoms with Crippen molar-refractivity contribution in [3.05, 3.63) is 54.1 Å². The first-order valence-corrected chi connectivity index (χ1v) is 5.23. The highest BCUT2D eigenvalue weighted by atomic mass is 16.5. The van der Waals surface area contributed by atoms with Crippen LogP contribution in [-0.4, -0.2) is 10.9 Å². The van der Waals surface area contributed by atoms with E-state index in [1.165, 1.54) is 6.92 Å². The zero-order valence-electron chi connectivity index (χ0n) is 9.38. The van der Waals surface area contributed by atoms with E-state index in [1.807, 2.05) is 0 Å². The molecule has 0 unspecified atom stereocenters. The van der Waals surface area contributed by atoms with Gasteiger partial charge in [0.25, 0.3) is 0 Å². The van der Waals surface area contributed by atoms with Gasteiger partial charge in [-0.05, 0) is 43.3 Å². The van der Waals surface area contributed by atoms with Crippen LogP contribution in [0.2, 0.25) is 0 Å². The lowest BCUT2D eigenvalue weighted by Gasteiger charge is -2.06. The fraction of sp³-hybridized carbons (Fsp3) is 0.0714. The maximum absolute atomic E-state index is 11.2. The van der Waals surface area contributed by atoms with Gasteiger partial charge in [0.15, 0.2) is 5.78 Å². The Hall–Kier alpha value is -2.29. The molecule has 17 heavy (non-hydrogen) atoms. The van der Waals surface area contributed by atoms with E-state index in [0.717, 1.165) is 0 Å². The van der Waals surface area contributed by atoms with E-state index in [9.17, 15) is 4.79 Å². The average molecular weight is 228 g/mol. The van der Waals surface area contributed by atoms with Crippen LogP contribution in [0.1, 0.15) is 17.3 Å². The maximum Gasteiger partial charge on any atom is 0.159 e. The third-order valence-electron chi connectivity index (χ3n) is 2.31. The Morgan fingerprint density at radius 2 is 1.76 bits per heavy atom. The molecule has 0 aliphatic rings. The van der Waals surface area contributed by atoms with Crippen LogP contribution in [0.15, 0.2) is 48.5 Å². The molecular formula is C14H12O3. The molecule has 0 fully saturated rings. The molecule has 86 valence electrons. The van der Waals surface area contributed by atoms with Crippen LogP contribution in [0.5, 0.6) is 17.2 Å². The second-order valence-electron chi connectivity index (χ2n) is 3.68. The van der Waals surface area contributed by atoms with Crippen molar-refractivity contribution in [2.45, 2.75) is 6.92 Å². The predicted octanol–water partition coefficient (Wildman–Crippen LogP) is 3.39. The van der Waals surface area contributed by atoms with Gasteiger partial charge >= 0.3 is 0 Å². The molecule has 0 spiro atoms. The number of Topliss-reactive ketones (excluding diaryl/α,β-unsaturated/α-hetero) is 1. The van der Waals surface area contributed by atoms with Gasteiger partial charge in [0, 0.05) is 5.56 Å². The number of aromatic hydroxyl groups is 1. The molecule has 3 heteroatoms. The molecule has 0 aliphatic heterocycles. The van der Waals surface area contributed by atoms with Crippen molar-refractivity contribution < 1.29 is 14.6 Å². The standard InChI is InChI=1S/C14H12O3/c1-10(15)11-3-2-4-14(9-11)17-13-7-5-12(16)6-8-13/h2-9,16H,1H3. The summed E-state index contributed by atoms with van der Waals surface area (Å²) in [5.41, 5.74) is 0.612. The van der Waals surface area contributed by atoms with Gasteiger partial charge in [-0.15, -0.1) is 0 Å². The van der Waals surface area contributed by atoms with Gasteiger partial charge < -0.3 is 9.84 Å². The molecule has 0 bridgehead atoms. The van der Waals surface area contributed by atoms with E-state index in [0.29, 0.717) is 17.1 Å². The lowest BCUT2D eigenvalue weighted by atomic mass is 10.1. The van der Waals surface area contributed by atoms with Gasteiger partial charge in [0.1, 0.15) is 17.2 Å². The lowest BCUT2D eigenvalue weighted by Crippen LogP contribution is -1.92. The smallest absolute Gasteiger partial charge is 0.159 e. The fourth-order valence-electron chi connectivity index (χ4n) is 1.43. The predicted molar refractivity (Wildman–Crippen MR) is 64.6 cm³/mol. The van der Waals surface area contributed by atoms with Gasteiger partial charge in [-0.1, -0.05) is 12.1 Å². The molecule has 3 nitrogen and oxygen atoms in total. The van der Waals surface area contributed by atoms with Crippen molar-refractivity contribution in [2.24, 2.45) is 0 Å². The quantitative estimate of drug-likeness (QED) is 0.819. The summed E-state index contributed by atoms with van der Waals surface area (Å²) in [4.78, 5) is 11.2. The largest absolute Gasteiger partial charge is 0.508 e. The highest BCUT2D eigenvalue weighted by molar-refractivity contribution is 5.94. The van der Waals surface area contributed by atoms with Crippen LogP contribution in [0, 0.1) is 0 Å². The Morgan fingerprint density at radius 1 is 1.06 bits per heavy atom. The van der Waals surface area contributed by atoms with Crippen molar-refractivity contribution in [1.82, 2.24) is 0 Å². The molecule has 2 aromatic rings. The first kappa shape index (κ1) is 11.2. The first-order valence-electron chi connectivity index (χ1n) is 5.23. The molecule has 0 saturated carbocycles. The number of carbonyl (C=O) groups excluding carboxylic acids is 1. The summed E-state index contributed by atoms with van der Waals surface area (Å²) >= 11 is 0. The summed E-state index contributed by atoms with van der Waals surface area (Å²) in [7, 11) is 0. The van der Waals surface area contributed by atoms with Crippen molar-refractivity contribution in [3.8, 4) is 17.2 Å². The van der Waals surface area contributed by atoms with Crippen molar-refractivity contribution in [1.29, 1.82) is 0 Å². The Labute approximate surface area is 99.3 Å². The maximum atomic E-state index is 11.2. The Bertz CT molecular complexity index is 529. The summed E-state index contributed by atoms with van der Waals surface area (Å²) < 4.78 is 5.56. The van der Waals surface area contributed by atoms with Crippen LogP contribution < -0.4 is 4.74 Å². The molecule has 0 atom stereocenters. The van der Waals surface area contributed by atoms with E-state index in [1.54, 1.807) is 48.5 Å². The van der Waals surface area contributed by atoms with Crippen LogP contribution in [-0.2, 0) is 0 Å². The molecule has 2 rings (SSSR count). The van der Waals surface area contributed by atoms with Crippen LogP contribution >= 0.6 is 0 Å². The molecule has 2 aromatic carbocycles. The Kier molecular flexibility index (Phi) is 3.10. The normalized spacial score (nSPS) is 9.94. The number of ketones is 1. The number of hydrogen-bond donors (Lipinski definition) is 1. The minimum absolute atomic E-state index is 0.00107. The summed E-state index contributed by atoms with van der Waals surface area (Å²) in [5, 5.41) is 9.14. The Balaban J connectivity index is 2.21. The number of carbonyl (C=O) groups is 1. The van der Waals surface area contributed by atoms with Gasteiger partial charge in [-0.3, -0.25) is 4.79 Å². The third-order valence-corrected chi connectivity index (χ3v) is 2.31. The highest BCUT2D eigenvalue weighted by Gasteiger charge is 2.02. The van der Waals surface area contributed by atoms with Gasteiger partial charge in [0.2, 0.25) is 0 Å². The molecular weight excluding hydrogens is 216 g/mol. The van der Waals surface area contributed by atoms with Crippen LogP contribution in [0.3, 0.4) is 0 Å². The molecule has 0 heterocycles. The van der Waals surface area contributed by atoms with Crippen molar-refractivity contribution in [2.75, 3.05) is 0 Å². The minimum Gasteiger partial charge on any atom is -0.508 e. The van der Waals surface area contributed by atoms with E-state index in [4.69, 9.17) is 9.84 Å². The molecule has 0 aromatic heterocycles. The number of phenolic OH excluding ortho intramolecular Hbond substituents is 1. The van der Waals surface area contributed by atoms with Gasteiger partial charge in [-0.2, -0.15) is 0 Å². The molecule has 0 radical (unpaired) electrons. The minimum atomic E-state index is 0.00107. The fourth-order valence-corrected chi connectivity index (χ4v) is 1.43. The SMILES string of the molecule is CC(=O)c1cccc(Oc2ccc(O)cc2)c1. The van der Waals surface area contributed by atoms with Crippen LogP contribution in [0.25, 0.3) is 0 Å². The second-order valence-corrected chi connectivity index (χ2v) is 3.68. The zero-order valence-corrected chi connectivity index (χ0v) is 9.38. The number of phenols is 1. The third kappa shape index (κ3) is 2.84. The number of hydrogen-bond acceptors (Lipinski definition) is 3. The summed E-state index contributed by atoms with van der Waals surface area (Å²) in [6.07, 6.45) is 0. The molecule has 0 amide bonds. The van der Waals surface area contributed by atoms with E-state index in [2.05, 4.69) is 0 Å². The molecule has 0 aliphatic carbocycles. The number of ether oxygens (including phenoxy) is 1. The van der Waals surface area contributed by atoms with E-state index >= 15 is 0 Å².